The third-order valence-electron chi connectivity index (χ3n) is 7.13. The number of carbonyl (C=O) groups is 1. The lowest BCUT2D eigenvalue weighted by Gasteiger charge is -2.35. The molecule has 1 amide bonds. The van der Waals surface area contributed by atoms with Crippen LogP contribution in [0, 0.1) is 12.7 Å². The van der Waals surface area contributed by atoms with E-state index in [1.165, 1.54) is 35.1 Å². The first-order chi connectivity index (χ1) is 20.4. The molecule has 0 aliphatic carbocycles. The summed E-state index contributed by atoms with van der Waals surface area (Å²) in [4.78, 5) is 43.8. The predicted molar refractivity (Wildman–Crippen MR) is 173 cm³/mol. The fraction of sp³-hybridized carbons (Fsp3) is 0.467. The Balaban J connectivity index is 0.000000998. The molecule has 0 radical (unpaired) electrons. The minimum absolute atomic E-state index is 0. The highest BCUT2D eigenvalue weighted by atomic mass is 32.1. The van der Waals surface area contributed by atoms with E-state index in [9.17, 15) is 18.8 Å². The van der Waals surface area contributed by atoms with Crippen LogP contribution in [-0.2, 0) is 28.0 Å². The van der Waals surface area contributed by atoms with Gasteiger partial charge in [0.1, 0.15) is 26.9 Å². The van der Waals surface area contributed by atoms with Crippen molar-refractivity contribution in [2.24, 2.45) is 0 Å². The van der Waals surface area contributed by atoms with E-state index in [2.05, 4.69) is 5.10 Å². The average molecular weight is 650 g/mol. The first kappa shape index (κ1) is 35.0. The van der Waals surface area contributed by atoms with Gasteiger partial charge in [0.25, 0.3) is 5.56 Å². The lowest BCUT2D eigenvalue weighted by Crippen LogP contribution is -2.58. The zero-order valence-electron chi connectivity index (χ0n) is 25.8. The predicted octanol–water partition coefficient (Wildman–Crippen LogP) is 3.20. The lowest BCUT2D eigenvalue weighted by molar-refractivity contribution is -0.143. The summed E-state index contributed by atoms with van der Waals surface area (Å²) in [5.41, 5.74) is -1.36. The van der Waals surface area contributed by atoms with Crippen LogP contribution in [0.15, 0.2) is 46.2 Å². The van der Waals surface area contributed by atoms with E-state index in [1.807, 2.05) is 6.92 Å². The van der Waals surface area contributed by atoms with Crippen molar-refractivity contribution in [1.29, 1.82) is 0 Å². The topological polar surface area (TPSA) is 121 Å². The van der Waals surface area contributed by atoms with Crippen LogP contribution in [0.5, 0.6) is 5.75 Å². The number of amides is 1. The van der Waals surface area contributed by atoms with Gasteiger partial charge in [-0.15, -0.1) is 0 Å². The fourth-order valence-corrected chi connectivity index (χ4v) is 6.32. The molecule has 0 spiro atoms. The molecule has 0 unspecified atom stereocenters. The van der Waals surface area contributed by atoms with Crippen molar-refractivity contribution < 1.29 is 23.8 Å². The Labute approximate surface area is 265 Å². The highest BCUT2D eigenvalue weighted by Crippen LogP contribution is 2.32. The molecule has 1 aliphatic heterocycles. The number of nitrogens with zero attached hydrogens (tertiary/aromatic N) is 5. The first-order valence-corrected chi connectivity index (χ1v) is 14.9. The van der Waals surface area contributed by atoms with Crippen LogP contribution in [-0.4, -0.2) is 74.3 Å². The molecule has 0 atom stereocenters. The van der Waals surface area contributed by atoms with Crippen molar-refractivity contribution in [3.8, 4) is 10.8 Å². The van der Waals surface area contributed by atoms with Crippen molar-refractivity contribution in [2.45, 2.75) is 59.2 Å². The molecule has 4 heterocycles. The molecule has 1 N–H and O–H groups in total. The van der Waals surface area contributed by atoms with Crippen LogP contribution >= 0.6 is 24.8 Å². The lowest BCUT2D eigenvalue weighted by atomic mass is 10.0. The third kappa shape index (κ3) is 7.09. The normalized spacial score (nSPS) is 13.4. The van der Waals surface area contributed by atoms with Gasteiger partial charge in [-0.3, -0.25) is 14.2 Å². The minimum Gasteiger partial charge on any atom is -0.496 e. The number of aromatic nitrogens is 4. The summed E-state index contributed by atoms with van der Waals surface area (Å²) in [6, 6.07) is 6.00. The van der Waals surface area contributed by atoms with E-state index >= 15 is 0 Å². The minimum atomic E-state index is -1.46. The van der Waals surface area contributed by atoms with Crippen LogP contribution in [0.2, 0.25) is 0 Å². The molecule has 4 aromatic rings. The number of carbonyl (C=O) groups excluding carboxylic acids is 1. The number of benzene rings is 1. The maximum absolute atomic E-state index is 14.1. The van der Waals surface area contributed by atoms with E-state index in [1.54, 1.807) is 61.8 Å². The Bertz CT molecular complexity index is 1700. The number of hydrogen-bond acceptors (Lipinski definition) is 8. The summed E-state index contributed by atoms with van der Waals surface area (Å²) in [6.07, 6.45) is 3.50. The van der Waals surface area contributed by atoms with E-state index in [-0.39, 0.29) is 38.5 Å². The van der Waals surface area contributed by atoms with Gasteiger partial charge in [0.05, 0.1) is 25.7 Å². The van der Waals surface area contributed by atoms with Crippen molar-refractivity contribution in [1.82, 2.24) is 23.8 Å². The van der Waals surface area contributed by atoms with Crippen molar-refractivity contribution >= 4 is 41.0 Å². The van der Waals surface area contributed by atoms with Gasteiger partial charge in [-0.1, -0.05) is 11.3 Å². The van der Waals surface area contributed by atoms with Crippen LogP contribution in [0.1, 0.15) is 38.8 Å². The number of ether oxygens (including phenoxy) is 2. The van der Waals surface area contributed by atoms with Gasteiger partial charge in [-0.25, -0.2) is 18.4 Å². The highest BCUT2D eigenvalue weighted by Gasteiger charge is 2.38. The van der Waals surface area contributed by atoms with Gasteiger partial charge in [0, 0.05) is 43.7 Å². The zero-order valence-corrected chi connectivity index (χ0v) is 27.6. The summed E-state index contributed by atoms with van der Waals surface area (Å²) >= 11 is 1.27. The number of fused-ring (bicyclic) bond motifs is 1. The molecule has 1 aromatic carbocycles. The number of hydrogen-bond donors (Lipinski definition) is 1. The van der Waals surface area contributed by atoms with Crippen molar-refractivity contribution in [2.75, 3.05) is 33.4 Å². The Kier molecular flexibility index (Phi) is 11.6. The molecule has 0 bridgehead atoms. The van der Waals surface area contributed by atoms with Gasteiger partial charge < -0.3 is 19.5 Å². The molecule has 11 nitrogen and oxygen atoms in total. The van der Waals surface area contributed by atoms with Crippen LogP contribution in [0.25, 0.3) is 15.2 Å². The van der Waals surface area contributed by atoms with Crippen molar-refractivity contribution in [3.05, 3.63) is 74.4 Å². The number of rotatable bonds is 7. The largest absolute Gasteiger partial charge is 0.496 e. The molecule has 1 fully saturated rings. The summed E-state index contributed by atoms with van der Waals surface area (Å²) < 4.78 is 29.0. The average Bonchev–Trinajstić information content (AvgIpc) is 3.61. The Morgan fingerprint density at radius 1 is 1.23 bits per heavy atom. The molecule has 0 saturated carbocycles. The zero-order chi connectivity index (χ0) is 31.5. The summed E-state index contributed by atoms with van der Waals surface area (Å²) in [7, 11) is 1.50. The monoisotopic (exact) mass is 649 g/mol. The summed E-state index contributed by atoms with van der Waals surface area (Å²) in [5, 5.41) is 13.4. The van der Waals surface area contributed by atoms with Gasteiger partial charge >= 0.3 is 5.69 Å². The second-order valence-corrected chi connectivity index (χ2v) is 12.0. The van der Waals surface area contributed by atoms with Gasteiger partial charge in [-0.05, 0) is 70.9 Å². The molecular weight excluding hydrogens is 609 g/mol. The van der Waals surface area contributed by atoms with Gasteiger partial charge in [-0.2, -0.15) is 18.6 Å². The summed E-state index contributed by atoms with van der Waals surface area (Å²) in [6.45, 7) is 10.1. The van der Waals surface area contributed by atoms with E-state index < -0.39 is 22.6 Å². The number of aliphatic hydroxyl groups excluding tert-OH is 1. The number of morpholine rings is 1. The van der Waals surface area contributed by atoms with E-state index in [4.69, 9.17) is 14.6 Å². The Morgan fingerprint density at radius 3 is 2.48 bits per heavy atom. The maximum Gasteiger partial charge on any atom is 0.333 e. The van der Waals surface area contributed by atoms with Gasteiger partial charge in [0.2, 0.25) is 5.91 Å². The molecule has 3 aromatic heterocycles. The maximum atomic E-state index is 14.1. The number of halogens is 1. The van der Waals surface area contributed by atoms with Crippen LogP contribution < -0.4 is 16.0 Å². The fourth-order valence-electron chi connectivity index (χ4n) is 5.06. The van der Waals surface area contributed by atoms with Crippen molar-refractivity contribution in [3.63, 3.8) is 0 Å². The quantitative estimate of drug-likeness (QED) is 0.327. The molecular formula is C30H40FN5O6S2. The second kappa shape index (κ2) is 14.5. The Hall–Kier alpha value is -3.46. The molecule has 1 saturated heterocycles. The summed E-state index contributed by atoms with van der Waals surface area (Å²) in [5.74, 6) is -0.252. The van der Waals surface area contributed by atoms with Gasteiger partial charge in [0.15, 0.2) is 0 Å². The number of aryl methyl sites for hydroxylation is 3. The molecule has 1 aliphatic rings. The Morgan fingerprint density at radius 2 is 1.89 bits per heavy atom. The molecule has 5 rings (SSSR count). The standard InChI is InChI=1S/C27H30FN5O5S.C3H8O.H2S/c1-17-21-22(34)33(27(2,3)25(35)30-12-14-38-15-13-30)26(36)31(24(21)39-23(17)32-10-5-9-29-32)11-8-18-16-19(28)6-7-20(18)37-4;1-3(2)4;/h5-7,9-10,16H,8,11-15H2,1-4H3;3-4H,1-2H3;1H2. The SMILES string of the molecule is CC(C)O.COc1ccc(F)cc1CCn1c(=O)n(C(C)(C)C(=O)N2CCOCC2)c(=O)c2c(C)c(-n3cccn3)sc21.S. The third-order valence-corrected chi connectivity index (χ3v) is 8.43. The van der Waals surface area contributed by atoms with Crippen LogP contribution in [0.4, 0.5) is 4.39 Å². The number of thiophene rings is 1. The van der Waals surface area contributed by atoms with E-state index in [0.717, 1.165) is 4.57 Å². The van der Waals surface area contributed by atoms with Crippen LogP contribution in [0.3, 0.4) is 0 Å². The number of aliphatic hydroxyl groups is 1. The highest BCUT2D eigenvalue weighted by molar-refractivity contribution is 7.59. The van der Waals surface area contributed by atoms with E-state index in [0.29, 0.717) is 58.4 Å². The molecule has 240 valence electrons. The number of methoxy groups -OCH3 is 1. The second-order valence-electron chi connectivity index (χ2n) is 11.0. The smallest absolute Gasteiger partial charge is 0.333 e. The molecule has 44 heavy (non-hydrogen) atoms. The first-order valence-electron chi connectivity index (χ1n) is 14.1. The molecule has 14 heteroatoms.